The minimum atomic E-state index is 1.07. The van der Waals surface area contributed by atoms with E-state index in [1.54, 1.807) is 24.8 Å². The third-order valence-corrected chi connectivity index (χ3v) is 2.78. The molecule has 3 aromatic heterocycles. The van der Waals surface area contributed by atoms with Crippen LogP contribution in [0.15, 0.2) is 67.5 Å². The Morgan fingerprint density at radius 2 is 1.33 bits per heavy atom. The maximum Gasteiger partial charge on any atom is 0.0353 e. The Morgan fingerprint density at radius 3 is 2.11 bits per heavy atom. The monoisotopic (exact) mass is 233 g/mol. The molecule has 3 heteroatoms. The van der Waals surface area contributed by atoms with Crippen molar-refractivity contribution in [2.24, 2.45) is 0 Å². The van der Waals surface area contributed by atoms with E-state index in [1.165, 1.54) is 0 Å². The molecule has 0 radical (unpaired) electrons. The third kappa shape index (κ3) is 1.98. The fourth-order valence-electron chi connectivity index (χ4n) is 1.93. The van der Waals surface area contributed by atoms with Crippen molar-refractivity contribution in [1.82, 2.24) is 15.0 Å². The highest BCUT2D eigenvalue weighted by atomic mass is 14.6. The number of rotatable bonds is 2. The average Bonchev–Trinajstić information content (AvgIpc) is 2.49. The summed E-state index contributed by atoms with van der Waals surface area (Å²) in [5.74, 6) is 0. The lowest BCUT2D eigenvalue weighted by molar-refractivity contribution is 1.29. The van der Waals surface area contributed by atoms with Crippen LogP contribution in [-0.4, -0.2) is 15.0 Å². The first kappa shape index (κ1) is 10.6. The van der Waals surface area contributed by atoms with E-state index in [-0.39, 0.29) is 0 Å². The summed E-state index contributed by atoms with van der Waals surface area (Å²) < 4.78 is 0. The van der Waals surface area contributed by atoms with Crippen LogP contribution < -0.4 is 0 Å². The highest BCUT2D eigenvalue weighted by Crippen LogP contribution is 2.30. The van der Waals surface area contributed by atoms with E-state index in [9.17, 15) is 0 Å². The Hall–Kier alpha value is -2.55. The number of aromatic nitrogens is 3. The van der Waals surface area contributed by atoms with E-state index < -0.39 is 0 Å². The largest absolute Gasteiger partial charge is 0.265 e. The molecular formula is C15H11N3. The van der Waals surface area contributed by atoms with Crippen molar-refractivity contribution >= 4 is 0 Å². The summed E-state index contributed by atoms with van der Waals surface area (Å²) in [5.41, 5.74) is 4.42. The minimum absolute atomic E-state index is 1.07. The highest BCUT2D eigenvalue weighted by molar-refractivity contribution is 5.82. The molecule has 3 rings (SSSR count). The van der Waals surface area contributed by atoms with Gasteiger partial charge in [0.2, 0.25) is 0 Å². The van der Waals surface area contributed by atoms with E-state index in [0.29, 0.717) is 0 Å². The van der Waals surface area contributed by atoms with E-state index in [0.717, 1.165) is 22.3 Å². The molecule has 0 aromatic carbocycles. The highest BCUT2D eigenvalue weighted by Gasteiger charge is 2.06. The van der Waals surface area contributed by atoms with Crippen molar-refractivity contribution in [2.75, 3.05) is 0 Å². The molecule has 0 amide bonds. The Kier molecular flexibility index (Phi) is 2.80. The van der Waals surface area contributed by atoms with Gasteiger partial charge < -0.3 is 0 Å². The number of hydrogen-bond acceptors (Lipinski definition) is 3. The van der Waals surface area contributed by atoms with E-state index in [4.69, 9.17) is 0 Å². The van der Waals surface area contributed by atoms with Crippen LogP contribution in [0.25, 0.3) is 22.3 Å². The van der Waals surface area contributed by atoms with Gasteiger partial charge in [-0.3, -0.25) is 15.0 Å². The Balaban J connectivity index is 2.18. The first-order valence-corrected chi connectivity index (χ1v) is 5.70. The van der Waals surface area contributed by atoms with Crippen LogP contribution in [0.5, 0.6) is 0 Å². The van der Waals surface area contributed by atoms with Crippen LogP contribution in [0.1, 0.15) is 0 Å². The van der Waals surface area contributed by atoms with Crippen LogP contribution in [0, 0.1) is 0 Å². The lowest BCUT2D eigenvalue weighted by Gasteiger charge is -2.08. The summed E-state index contributed by atoms with van der Waals surface area (Å²) in [6.45, 7) is 0. The topological polar surface area (TPSA) is 38.7 Å². The summed E-state index contributed by atoms with van der Waals surface area (Å²) in [4.78, 5) is 12.4. The summed E-state index contributed by atoms with van der Waals surface area (Å²) in [6, 6.07) is 9.97. The Bertz CT molecular complexity index is 578. The maximum absolute atomic E-state index is 4.20. The molecule has 3 aromatic rings. The molecule has 0 fully saturated rings. The van der Waals surface area contributed by atoms with Crippen LogP contribution in [0.2, 0.25) is 0 Å². The number of nitrogens with zero attached hydrogens (tertiary/aromatic N) is 3. The molecule has 0 bridgehead atoms. The molecule has 0 N–H and O–H groups in total. The summed E-state index contributed by atoms with van der Waals surface area (Å²) in [6.07, 6.45) is 10.9. The van der Waals surface area contributed by atoms with Gasteiger partial charge in [0.25, 0.3) is 0 Å². The lowest BCUT2D eigenvalue weighted by Crippen LogP contribution is -1.87. The summed E-state index contributed by atoms with van der Waals surface area (Å²) >= 11 is 0. The van der Waals surface area contributed by atoms with Gasteiger partial charge in [0.05, 0.1) is 0 Å². The standard InChI is InChI=1S/C15H11N3/c1-2-13(10-17-6-1)15-11-18-9-5-14(15)12-3-7-16-8-4-12/h1-11H. The molecule has 0 saturated carbocycles. The van der Waals surface area contributed by atoms with Crippen LogP contribution in [0.3, 0.4) is 0 Å². The summed E-state index contributed by atoms with van der Waals surface area (Å²) in [7, 11) is 0. The van der Waals surface area contributed by atoms with E-state index in [2.05, 4.69) is 15.0 Å². The molecule has 18 heavy (non-hydrogen) atoms. The zero-order valence-corrected chi connectivity index (χ0v) is 9.69. The average molecular weight is 233 g/mol. The first-order valence-electron chi connectivity index (χ1n) is 5.70. The fraction of sp³-hybridized carbons (Fsp3) is 0. The maximum atomic E-state index is 4.20. The predicted molar refractivity (Wildman–Crippen MR) is 70.7 cm³/mol. The smallest absolute Gasteiger partial charge is 0.0353 e. The van der Waals surface area contributed by atoms with Gasteiger partial charge in [-0.15, -0.1) is 0 Å². The van der Waals surface area contributed by atoms with E-state index >= 15 is 0 Å². The Morgan fingerprint density at radius 1 is 0.556 bits per heavy atom. The molecule has 0 aliphatic heterocycles. The quantitative estimate of drug-likeness (QED) is 0.682. The van der Waals surface area contributed by atoms with Crippen molar-refractivity contribution in [1.29, 1.82) is 0 Å². The number of pyridine rings is 3. The van der Waals surface area contributed by atoms with Gasteiger partial charge in [0.1, 0.15) is 0 Å². The Labute approximate surface area is 105 Å². The second-order valence-corrected chi connectivity index (χ2v) is 3.90. The van der Waals surface area contributed by atoms with Gasteiger partial charge in [-0.1, -0.05) is 6.07 Å². The van der Waals surface area contributed by atoms with Crippen LogP contribution in [-0.2, 0) is 0 Å². The predicted octanol–water partition coefficient (Wildman–Crippen LogP) is 3.21. The van der Waals surface area contributed by atoms with Crippen LogP contribution in [0.4, 0.5) is 0 Å². The molecule has 0 unspecified atom stereocenters. The van der Waals surface area contributed by atoms with Crippen molar-refractivity contribution in [2.45, 2.75) is 0 Å². The molecule has 0 aliphatic rings. The molecule has 3 heterocycles. The molecule has 0 saturated heterocycles. The van der Waals surface area contributed by atoms with Crippen molar-refractivity contribution in [3.63, 3.8) is 0 Å². The summed E-state index contributed by atoms with van der Waals surface area (Å²) in [5, 5.41) is 0. The van der Waals surface area contributed by atoms with Gasteiger partial charge in [-0.2, -0.15) is 0 Å². The second-order valence-electron chi connectivity index (χ2n) is 3.90. The lowest BCUT2D eigenvalue weighted by atomic mass is 9.98. The minimum Gasteiger partial charge on any atom is -0.265 e. The second kappa shape index (κ2) is 4.75. The first-order chi connectivity index (χ1) is 8.95. The van der Waals surface area contributed by atoms with Gasteiger partial charge in [0, 0.05) is 48.3 Å². The van der Waals surface area contributed by atoms with Crippen molar-refractivity contribution in [3.8, 4) is 22.3 Å². The van der Waals surface area contributed by atoms with Gasteiger partial charge >= 0.3 is 0 Å². The molecule has 0 aliphatic carbocycles. The van der Waals surface area contributed by atoms with Crippen LogP contribution >= 0.6 is 0 Å². The SMILES string of the molecule is c1cncc(-c2cnccc2-c2ccncc2)c1. The van der Waals surface area contributed by atoms with Crippen molar-refractivity contribution in [3.05, 3.63) is 67.5 Å². The van der Waals surface area contributed by atoms with Crippen molar-refractivity contribution < 1.29 is 0 Å². The molecule has 0 spiro atoms. The number of hydrogen-bond donors (Lipinski definition) is 0. The van der Waals surface area contributed by atoms with Gasteiger partial charge in [-0.25, -0.2) is 0 Å². The van der Waals surface area contributed by atoms with E-state index in [1.807, 2.05) is 42.7 Å². The molecular weight excluding hydrogens is 222 g/mol. The fourth-order valence-corrected chi connectivity index (χ4v) is 1.93. The third-order valence-electron chi connectivity index (χ3n) is 2.78. The molecule has 0 atom stereocenters. The molecule has 3 nitrogen and oxygen atoms in total. The zero-order valence-electron chi connectivity index (χ0n) is 9.69. The molecule has 86 valence electrons. The van der Waals surface area contributed by atoms with Gasteiger partial charge in [-0.05, 0) is 35.4 Å². The zero-order chi connectivity index (χ0) is 12.2. The normalized spacial score (nSPS) is 10.2. The van der Waals surface area contributed by atoms with Gasteiger partial charge in [0.15, 0.2) is 0 Å².